The van der Waals surface area contributed by atoms with Crippen molar-refractivity contribution in [3.8, 4) is 0 Å². The van der Waals surface area contributed by atoms with Gasteiger partial charge in [0.05, 0.1) is 12.1 Å². The van der Waals surface area contributed by atoms with Gasteiger partial charge in [-0.3, -0.25) is 0 Å². The molecule has 17 heavy (non-hydrogen) atoms. The molecule has 1 aliphatic rings. The van der Waals surface area contributed by atoms with Gasteiger partial charge < -0.3 is 10.8 Å². The van der Waals surface area contributed by atoms with E-state index in [1.54, 1.807) is 4.68 Å². The van der Waals surface area contributed by atoms with Crippen LogP contribution in [0.4, 0.5) is 5.95 Å². The number of fused-ring (bicyclic) bond motifs is 1. The summed E-state index contributed by atoms with van der Waals surface area (Å²) in [5.74, 6) is 0.0820. The molecule has 1 aliphatic carbocycles. The molecular formula is C9H11ClN6O. The number of rotatable bonds is 1. The van der Waals surface area contributed by atoms with Crippen LogP contribution in [-0.4, -0.2) is 36.2 Å². The van der Waals surface area contributed by atoms with E-state index in [0.29, 0.717) is 11.2 Å². The minimum atomic E-state index is -0.421. The van der Waals surface area contributed by atoms with E-state index in [2.05, 4.69) is 20.3 Å². The molecule has 0 unspecified atom stereocenters. The van der Waals surface area contributed by atoms with E-state index in [0.717, 1.165) is 19.3 Å². The summed E-state index contributed by atoms with van der Waals surface area (Å²) in [6.07, 6.45) is 2.15. The minimum Gasteiger partial charge on any atom is -0.391 e. The maximum atomic E-state index is 9.86. The first-order valence-corrected chi connectivity index (χ1v) is 5.76. The number of anilines is 1. The zero-order valence-corrected chi connectivity index (χ0v) is 9.67. The third-order valence-electron chi connectivity index (χ3n) is 3.06. The fourth-order valence-electron chi connectivity index (χ4n) is 2.24. The van der Waals surface area contributed by atoms with E-state index in [1.165, 1.54) is 0 Å². The van der Waals surface area contributed by atoms with Crippen LogP contribution in [0.25, 0.3) is 11.2 Å². The van der Waals surface area contributed by atoms with Crippen LogP contribution in [-0.2, 0) is 0 Å². The summed E-state index contributed by atoms with van der Waals surface area (Å²) in [5, 5.41) is 18.0. The molecule has 0 saturated heterocycles. The Labute approximate surface area is 102 Å². The molecule has 3 N–H and O–H groups in total. The quantitative estimate of drug-likeness (QED) is 0.720. The largest absolute Gasteiger partial charge is 0.391 e. The second-order valence-electron chi connectivity index (χ2n) is 4.14. The van der Waals surface area contributed by atoms with Crippen molar-refractivity contribution in [3.63, 3.8) is 0 Å². The maximum Gasteiger partial charge on any atom is 0.223 e. The molecule has 1 fully saturated rings. The zero-order valence-electron chi connectivity index (χ0n) is 8.91. The van der Waals surface area contributed by atoms with Crippen LogP contribution in [0.3, 0.4) is 0 Å². The van der Waals surface area contributed by atoms with Gasteiger partial charge in [0.25, 0.3) is 0 Å². The Balaban J connectivity index is 2.17. The molecule has 90 valence electrons. The van der Waals surface area contributed by atoms with Crippen molar-refractivity contribution in [2.24, 2.45) is 0 Å². The fourth-order valence-corrected chi connectivity index (χ4v) is 2.45. The Hall–Kier alpha value is -1.47. The number of aliphatic hydroxyl groups is 1. The van der Waals surface area contributed by atoms with E-state index in [1.807, 2.05) is 0 Å². The number of nitrogens with zero attached hydrogens (tertiary/aromatic N) is 5. The number of nitrogen functional groups attached to an aromatic ring is 1. The number of aliphatic hydroxyl groups excluding tert-OH is 1. The predicted octanol–water partition coefficient (Wildman–Crippen LogP) is 0.543. The van der Waals surface area contributed by atoms with Gasteiger partial charge in [0.1, 0.15) is 0 Å². The van der Waals surface area contributed by atoms with E-state index < -0.39 is 6.10 Å². The molecule has 0 bridgehead atoms. The lowest BCUT2D eigenvalue weighted by molar-refractivity contribution is 0.131. The lowest BCUT2D eigenvalue weighted by atomic mass is 10.2. The molecule has 0 aromatic carbocycles. The molecule has 2 heterocycles. The van der Waals surface area contributed by atoms with Gasteiger partial charge in [0.15, 0.2) is 16.3 Å². The van der Waals surface area contributed by atoms with E-state index in [4.69, 9.17) is 17.3 Å². The Kier molecular flexibility index (Phi) is 2.37. The highest BCUT2D eigenvalue weighted by Gasteiger charge is 2.30. The van der Waals surface area contributed by atoms with Gasteiger partial charge in [-0.2, -0.15) is 9.97 Å². The SMILES string of the molecule is Nc1nc(Cl)c2nnn([C@H]3CCC[C@H]3O)c2n1. The van der Waals surface area contributed by atoms with Crippen LogP contribution in [0.2, 0.25) is 5.15 Å². The lowest BCUT2D eigenvalue weighted by Crippen LogP contribution is -2.20. The molecule has 0 aliphatic heterocycles. The predicted molar refractivity (Wildman–Crippen MR) is 61.4 cm³/mol. The van der Waals surface area contributed by atoms with Crippen molar-refractivity contribution in [1.82, 2.24) is 25.0 Å². The van der Waals surface area contributed by atoms with Gasteiger partial charge >= 0.3 is 0 Å². The van der Waals surface area contributed by atoms with Gasteiger partial charge in [0.2, 0.25) is 5.95 Å². The number of hydrogen-bond donors (Lipinski definition) is 2. The van der Waals surface area contributed by atoms with Gasteiger partial charge in [-0.05, 0) is 19.3 Å². The summed E-state index contributed by atoms with van der Waals surface area (Å²) in [7, 11) is 0. The van der Waals surface area contributed by atoms with Crippen LogP contribution in [0.5, 0.6) is 0 Å². The maximum absolute atomic E-state index is 9.86. The lowest BCUT2D eigenvalue weighted by Gasteiger charge is -2.14. The van der Waals surface area contributed by atoms with Crippen LogP contribution in [0.1, 0.15) is 25.3 Å². The summed E-state index contributed by atoms with van der Waals surface area (Å²) >= 11 is 5.91. The second kappa shape index (κ2) is 3.78. The van der Waals surface area contributed by atoms with Crippen LogP contribution >= 0.6 is 11.6 Å². The first kappa shape index (κ1) is 10.7. The molecule has 1 saturated carbocycles. The molecule has 8 heteroatoms. The number of hydrogen-bond acceptors (Lipinski definition) is 6. The zero-order chi connectivity index (χ0) is 12.0. The van der Waals surface area contributed by atoms with Crippen molar-refractivity contribution in [2.75, 3.05) is 5.73 Å². The van der Waals surface area contributed by atoms with Crippen LogP contribution in [0, 0.1) is 0 Å². The normalized spacial score (nSPS) is 24.6. The first-order chi connectivity index (χ1) is 8.16. The van der Waals surface area contributed by atoms with Gasteiger partial charge in [0, 0.05) is 0 Å². The van der Waals surface area contributed by atoms with Gasteiger partial charge in [-0.15, -0.1) is 5.10 Å². The Bertz CT molecular complexity index is 570. The Morgan fingerprint density at radius 2 is 2.18 bits per heavy atom. The molecule has 7 nitrogen and oxygen atoms in total. The molecule has 2 atom stereocenters. The first-order valence-electron chi connectivity index (χ1n) is 5.39. The molecule has 2 aromatic rings. The monoisotopic (exact) mass is 254 g/mol. The molecular weight excluding hydrogens is 244 g/mol. The number of nitrogens with two attached hydrogens (primary N) is 1. The molecule has 0 amide bonds. The highest BCUT2D eigenvalue weighted by Crippen LogP contribution is 2.32. The highest BCUT2D eigenvalue weighted by atomic mass is 35.5. The van der Waals surface area contributed by atoms with Crippen LogP contribution in [0.15, 0.2) is 0 Å². The summed E-state index contributed by atoms with van der Waals surface area (Å²) in [6.45, 7) is 0. The van der Waals surface area contributed by atoms with Crippen molar-refractivity contribution in [3.05, 3.63) is 5.15 Å². The van der Waals surface area contributed by atoms with Crippen molar-refractivity contribution in [1.29, 1.82) is 0 Å². The van der Waals surface area contributed by atoms with Gasteiger partial charge in [-0.25, -0.2) is 4.68 Å². The summed E-state index contributed by atoms with van der Waals surface area (Å²) in [5.41, 5.74) is 6.44. The molecule has 0 spiro atoms. The smallest absolute Gasteiger partial charge is 0.223 e. The van der Waals surface area contributed by atoms with E-state index in [-0.39, 0.29) is 17.1 Å². The number of aromatic nitrogens is 5. The summed E-state index contributed by atoms with van der Waals surface area (Å²) in [6, 6.07) is -0.106. The van der Waals surface area contributed by atoms with E-state index >= 15 is 0 Å². The van der Waals surface area contributed by atoms with Crippen molar-refractivity contribution >= 4 is 28.7 Å². The average Bonchev–Trinajstić information content (AvgIpc) is 2.84. The molecule has 0 radical (unpaired) electrons. The minimum absolute atomic E-state index is 0.0820. The third-order valence-corrected chi connectivity index (χ3v) is 3.32. The average molecular weight is 255 g/mol. The van der Waals surface area contributed by atoms with Crippen LogP contribution < -0.4 is 5.73 Å². The highest BCUT2D eigenvalue weighted by molar-refractivity contribution is 6.33. The summed E-state index contributed by atoms with van der Waals surface area (Å²) in [4.78, 5) is 7.90. The number of halogens is 1. The topological polar surface area (TPSA) is 103 Å². The second-order valence-corrected chi connectivity index (χ2v) is 4.50. The third kappa shape index (κ3) is 1.62. The van der Waals surface area contributed by atoms with E-state index in [9.17, 15) is 5.11 Å². The summed E-state index contributed by atoms with van der Waals surface area (Å²) < 4.78 is 1.59. The standard InChI is InChI=1S/C9H11ClN6O/c10-7-6-8(13-9(11)12-7)16(15-14-6)4-2-1-3-5(4)17/h4-5,17H,1-3H2,(H2,11,12,13)/t4-,5+/m0/s1. The molecule has 2 aromatic heterocycles. The fraction of sp³-hybridized carbons (Fsp3) is 0.556. The Morgan fingerprint density at radius 1 is 1.35 bits per heavy atom. The molecule has 3 rings (SSSR count). The van der Waals surface area contributed by atoms with Crippen molar-refractivity contribution < 1.29 is 5.11 Å². The van der Waals surface area contributed by atoms with Gasteiger partial charge in [-0.1, -0.05) is 16.8 Å². The van der Waals surface area contributed by atoms with Crippen molar-refractivity contribution in [2.45, 2.75) is 31.4 Å². The Morgan fingerprint density at radius 3 is 2.88 bits per heavy atom.